The molecule has 4 heterocycles. The number of anilines is 2. The van der Waals surface area contributed by atoms with Crippen molar-refractivity contribution in [2.45, 2.75) is 121 Å². The van der Waals surface area contributed by atoms with Crippen molar-refractivity contribution in [1.29, 1.82) is 10.8 Å². The Morgan fingerprint density at radius 2 is 1.02 bits per heavy atom. The second-order valence-corrected chi connectivity index (χ2v) is 15.1. The molecule has 0 aliphatic carbocycles. The summed E-state index contributed by atoms with van der Waals surface area (Å²) in [5.41, 5.74) is -1.69. The van der Waals surface area contributed by atoms with Crippen LogP contribution in [0, 0.1) is 17.7 Å². The molecular weight excluding hydrogens is 520 g/mol. The lowest BCUT2D eigenvalue weighted by Crippen LogP contribution is -2.66. The summed E-state index contributed by atoms with van der Waals surface area (Å²) in [6, 6.07) is 5.28. The van der Waals surface area contributed by atoms with E-state index < -0.39 is 23.4 Å². The van der Waals surface area contributed by atoms with Gasteiger partial charge in [-0.1, -0.05) is 6.07 Å². The molecule has 1 aromatic rings. The number of amidine groups is 2. The molecule has 2 spiro atoms. The molecule has 0 atom stereocenters. The number of piperidine rings is 2. The molecule has 4 aliphatic rings. The standard InChI is InChI=1S/C31H46N6O4/c1-19-12-13-20(36-22(32)30(40-24(36)38)15-26(2,3)34(10)27(4,5)16-30)14-21(19)37-23(33)31(41-25(37)39)17-28(6,7)35(11)29(8,9)18-31/h12-14,32-33H,15-18H2,1-11H3. The van der Waals surface area contributed by atoms with Gasteiger partial charge in [-0.2, -0.15) is 0 Å². The van der Waals surface area contributed by atoms with Crippen LogP contribution in [0.1, 0.15) is 86.6 Å². The number of amides is 2. The van der Waals surface area contributed by atoms with E-state index in [1.165, 1.54) is 9.80 Å². The Hall–Kier alpha value is -2.98. The molecule has 0 aromatic heterocycles. The first-order valence-corrected chi connectivity index (χ1v) is 14.4. The summed E-state index contributed by atoms with van der Waals surface area (Å²) >= 11 is 0. The Morgan fingerprint density at radius 1 is 0.659 bits per heavy atom. The summed E-state index contributed by atoms with van der Waals surface area (Å²) in [5, 5.41) is 18.5. The number of likely N-dealkylation sites (tertiary alicyclic amines) is 2. The first kappa shape index (κ1) is 29.5. The molecule has 0 unspecified atom stereocenters. The minimum Gasteiger partial charge on any atom is -0.434 e. The highest BCUT2D eigenvalue weighted by atomic mass is 16.6. The molecule has 0 bridgehead atoms. The number of benzene rings is 1. The van der Waals surface area contributed by atoms with E-state index in [0.717, 1.165) is 5.56 Å². The average molecular weight is 567 g/mol. The van der Waals surface area contributed by atoms with Crippen LogP contribution >= 0.6 is 0 Å². The second-order valence-electron chi connectivity index (χ2n) is 15.1. The number of hydrogen-bond donors (Lipinski definition) is 2. The van der Waals surface area contributed by atoms with Gasteiger partial charge in [-0.3, -0.25) is 20.6 Å². The highest BCUT2D eigenvalue weighted by Crippen LogP contribution is 2.51. The highest BCUT2D eigenvalue weighted by Gasteiger charge is 2.62. The number of rotatable bonds is 2. The Bertz CT molecular complexity index is 1330. The summed E-state index contributed by atoms with van der Waals surface area (Å²) in [4.78, 5) is 34.1. The predicted molar refractivity (Wildman–Crippen MR) is 160 cm³/mol. The summed E-state index contributed by atoms with van der Waals surface area (Å²) in [6.45, 7) is 18.7. The van der Waals surface area contributed by atoms with E-state index in [1.54, 1.807) is 12.1 Å². The fraction of sp³-hybridized carbons (Fsp3) is 0.677. The molecule has 4 saturated heterocycles. The van der Waals surface area contributed by atoms with E-state index in [-0.39, 0.29) is 33.8 Å². The lowest BCUT2D eigenvalue weighted by atomic mass is 9.70. The number of aryl methyl sites for hydroxylation is 1. The molecule has 10 heteroatoms. The fourth-order valence-corrected chi connectivity index (χ4v) is 8.06. The minimum absolute atomic E-state index is 0.0981. The molecule has 5 rings (SSSR count). The molecule has 0 saturated carbocycles. The Kier molecular flexibility index (Phi) is 6.14. The van der Waals surface area contributed by atoms with Gasteiger partial charge in [0.1, 0.15) is 0 Å². The third-order valence-electron chi connectivity index (χ3n) is 10.4. The minimum atomic E-state index is -1.06. The van der Waals surface area contributed by atoms with Crippen LogP contribution in [-0.2, 0) is 9.47 Å². The third kappa shape index (κ3) is 4.20. The van der Waals surface area contributed by atoms with E-state index in [9.17, 15) is 20.4 Å². The lowest BCUT2D eigenvalue weighted by Gasteiger charge is -2.56. The summed E-state index contributed by atoms with van der Waals surface area (Å²) in [5.74, 6) is 0.201. The van der Waals surface area contributed by atoms with Gasteiger partial charge in [0.15, 0.2) is 22.9 Å². The Balaban J connectivity index is 1.51. The summed E-state index contributed by atoms with van der Waals surface area (Å²) < 4.78 is 12.1. The van der Waals surface area contributed by atoms with Crippen LogP contribution in [0.3, 0.4) is 0 Å². The molecule has 4 fully saturated rings. The van der Waals surface area contributed by atoms with Crippen molar-refractivity contribution in [3.8, 4) is 0 Å². The normalized spacial score (nSPS) is 28.0. The smallest absolute Gasteiger partial charge is 0.421 e. The summed E-state index contributed by atoms with van der Waals surface area (Å²) in [7, 11) is 4.14. The van der Waals surface area contributed by atoms with Crippen LogP contribution in [0.2, 0.25) is 0 Å². The van der Waals surface area contributed by atoms with Crippen molar-refractivity contribution < 1.29 is 19.1 Å². The molecule has 2 amide bonds. The van der Waals surface area contributed by atoms with Crippen LogP contribution in [0.4, 0.5) is 21.0 Å². The zero-order valence-corrected chi connectivity index (χ0v) is 26.5. The van der Waals surface area contributed by atoms with Crippen molar-refractivity contribution in [3.05, 3.63) is 23.8 Å². The van der Waals surface area contributed by atoms with Gasteiger partial charge in [-0.05, 0) is 94.1 Å². The Morgan fingerprint density at radius 3 is 1.44 bits per heavy atom. The SMILES string of the molecule is Cc1ccc(N2C(=N)C3(CC(C)(C)N(C)C(C)(C)C3)OC2=O)cc1N1C(=N)C2(CC(C)(C)N(C)C(C)(C)C2)OC1=O. The van der Waals surface area contributed by atoms with Crippen molar-refractivity contribution >= 4 is 35.2 Å². The molecule has 41 heavy (non-hydrogen) atoms. The van der Waals surface area contributed by atoms with Crippen LogP contribution in [-0.4, -0.2) is 81.1 Å². The van der Waals surface area contributed by atoms with Gasteiger partial charge in [-0.25, -0.2) is 19.4 Å². The monoisotopic (exact) mass is 566 g/mol. The van der Waals surface area contributed by atoms with E-state index in [0.29, 0.717) is 37.1 Å². The van der Waals surface area contributed by atoms with E-state index in [1.807, 2.05) is 13.0 Å². The van der Waals surface area contributed by atoms with E-state index in [2.05, 4.69) is 79.3 Å². The first-order chi connectivity index (χ1) is 18.6. The van der Waals surface area contributed by atoms with Crippen molar-refractivity contribution in [3.63, 3.8) is 0 Å². The van der Waals surface area contributed by atoms with Crippen LogP contribution in [0.15, 0.2) is 18.2 Å². The average Bonchev–Trinajstić information content (AvgIpc) is 3.17. The lowest BCUT2D eigenvalue weighted by molar-refractivity contribution is -0.0871. The van der Waals surface area contributed by atoms with Gasteiger partial charge in [0, 0.05) is 47.8 Å². The zero-order chi connectivity index (χ0) is 30.7. The number of hydrogen-bond acceptors (Lipinski definition) is 8. The third-order valence-corrected chi connectivity index (χ3v) is 10.4. The van der Waals surface area contributed by atoms with Gasteiger partial charge in [0.2, 0.25) is 0 Å². The molecule has 1 aromatic carbocycles. The second kappa shape index (κ2) is 8.53. The van der Waals surface area contributed by atoms with E-state index >= 15 is 0 Å². The predicted octanol–water partition coefficient (Wildman–Crippen LogP) is 5.91. The van der Waals surface area contributed by atoms with E-state index in [4.69, 9.17) is 9.47 Å². The largest absolute Gasteiger partial charge is 0.434 e. The maximum absolute atomic E-state index is 13.5. The van der Waals surface area contributed by atoms with Crippen LogP contribution in [0.5, 0.6) is 0 Å². The fourth-order valence-electron chi connectivity index (χ4n) is 8.06. The molecule has 10 nitrogen and oxygen atoms in total. The number of carbonyl (C=O) groups excluding carboxylic acids is 2. The molecule has 0 radical (unpaired) electrons. The molecule has 2 N–H and O–H groups in total. The topological polar surface area (TPSA) is 113 Å². The summed E-state index contributed by atoms with van der Waals surface area (Å²) in [6.07, 6.45) is 0.768. The maximum atomic E-state index is 13.5. The maximum Gasteiger partial charge on any atom is 0.421 e. The number of nitrogens with one attached hydrogen (secondary N) is 2. The number of carbonyl (C=O) groups is 2. The molecule has 4 aliphatic heterocycles. The van der Waals surface area contributed by atoms with Crippen molar-refractivity contribution in [2.24, 2.45) is 0 Å². The van der Waals surface area contributed by atoms with Gasteiger partial charge < -0.3 is 9.47 Å². The molecule has 224 valence electrons. The molecular formula is C31H46N6O4. The zero-order valence-electron chi connectivity index (χ0n) is 26.5. The van der Waals surface area contributed by atoms with Crippen molar-refractivity contribution in [1.82, 2.24) is 9.80 Å². The van der Waals surface area contributed by atoms with Gasteiger partial charge in [0.25, 0.3) is 0 Å². The quantitative estimate of drug-likeness (QED) is 0.460. The highest BCUT2D eigenvalue weighted by molar-refractivity contribution is 6.24. The van der Waals surface area contributed by atoms with Crippen molar-refractivity contribution in [2.75, 3.05) is 23.9 Å². The van der Waals surface area contributed by atoms with Crippen LogP contribution < -0.4 is 9.80 Å². The van der Waals surface area contributed by atoms with Crippen LogP contribution in [0.25, 0.3) is 0 Å². The first-order valence-electron chi connectivity index (χ1n) is 14.4. The van der Waals surface area contributed by atoms with Gasteiger partial charge >= 0.3 is 12.2 Å². The number of ether oxygens (including phenoxy) is 2. The Labute approximate surface area is 243 Å². The van der Waals surface area contributed by atoms with Gasteiger partial charge in [-0.15, -0.1) is 0 Å². The number of nitrogens with zero attached hydrogens (tertiary/aromatic N) is 4. The van der Waals surface area contributed by atoms with Gasteiger partial charge in [0.05, 0.1) is 11.4 Å².